The molecule has 0 N–H and O–H groups in total. The third kappa shape index (κ3) is 4.59. The second kappa shape index (κ2) is 9.10. The number of aryl methyl sites for hydroxylation is 1. The quantitative estimate of drug-likeness (QED) is 0.631. The molecule has 0 saturated carbocycles. The normalized spacial score (nSPS) is 17.5. The van der Waals surface area contributed by atoms with Crippen molar-refractivity contribution in [1.82, 2.24) is 24.8 Å². The molecule has 1 saturated heterocycles. The molecule has 5 heterocycles. The molecule has 0 atom stereocenters. The molecule has 2 aliphatic heterocycles. The predicted molar refractivity (Wildman–Crippen MR) is 122 cm³/mol. The summed E-state index contributed by atoms with van der Waals surface area (Å²) in [5, 5.41) is 0. The van der Waals surface area contributed by atoms with E-state index in [-0.39, 0.29) is 0 Å². The van der Waals surface area contributed by atoms with Gasteiger partial charge in [-0.15, -0.1) is 0 Å². The fraction of sp³-hybridized carbons (Fsp3) is 0.440. The number of hydrogen-bond acceptors (Lipinski definition) is 6. The summed E-state index contributed by atoms with van der Waals surface area (Å²) in [4.78, 5) is 23.8. The average molecular weight is 415 g/mol. The molecular formula is C25H30N6. The van der Waals surface area contributed by atoms with Gasteiger partial charge in [-0.2, -0.15) is 0 Å². The van der Waals surface area contributed by atoms with E-state index in [1.54, 1.807) is 0 Å². The summed E-state index contributed by atoms with van der Waals surface area (Å²) in [6, 6.07) is 10.3. The van der Waals surface area contributed by atoms with Crippen LogP contribution in [0, 0.1) is 6.92 Å². The highest BCUT2D eigenvalue weighted by Crippen LogP contribution is 2.33. The van der Waals surface area contributed by atoms with E-state index >= 15 is 0 Å². The number of pyridine rings is 2. The molecule has 0 radical (unpaired) electrons. The molecule has 0 spiro atoms. The average Bonchev–Trinajstić information content (AvgIpc) is 2.81. The molecule has 1 fully saturated rings. The molecule has 5 rings (SSSR count). The van der Waals surface area contributed by atoms with Gasteiger partial charge in [0.25, 0.3) is 0 Å². The van der Waals surface area contributed by atoms with Gasteiger partial charge in [0.1, 0.15) is 11.6 Å². The second-order valence-electron chi connectivity index (χ2n) is 8.73. The van der Waals surface area contributed by atoms with Gasteiger partial charge in [0.15, 0.2) is 0 Å². The molecule has 3 aromatic heterocycles. The van der Waals surface area contributed by atoms with Crippen LogP contribution in [-0.4, -0.2) is 44.5 Å². The first-order valence-corrected chi connectivity index (χ1v) is 11.4. The van der Waals surface area contributed by atoms with Gasteiger partial charge in [0, 0.05) is 48.9 Å². The minimum absolute atomic E-state index is 0.438. The Morgan fingerprint density at radius 3 is 2.65 bits per heavy atom. The van der Waals surface area contributed by atoms with Crippen molar-refractivity contribution >= 4 is 5.82 Å². The predicted octanol–water partition coefficient (Wildman–Crippen LogP) is 3.91. The van der Waals surface area contributed by atoms with Gasteiger partial charge in [0.2, 0.25) is 0 Å². The Morgan fingerprint density at radius 2 is 1.87 bits per heavy atom. The molecule has 0 aromatic carbocycles. The van der Waals surface area contributed by atoms with E-state index in [0.29, 0.717) is 5.92 Å². The monoisotopic (exact) mass is 414 g/mol. The molecule has 6 nitrogen and oxygen atoms in total. The first-order chi connectivity index (χ1) is 15.3. The van der Waals surface area contributed by atoms with Crippen LogP contribution in [0.1, 0.15) is 53.5 Å². The van der Waals surface area contributed by atoms with Crippen molar-refractivity contribution in [2.24, 2.45) is 0 Å². The third-order valence-corrected chi connectivity index (χ3v) is 6.52. The van der Waals surface area contributed by atoms with E-state index in [9.17, 15) is 0 Å². The van der Waals surface area contributed by atoms with Crippen LogP contribution in [0.25, 0.3) is 0 Å². The van der Waals surface area contributed by atoms with E-state index in [0.717, 1.165) is 81.4 Å². The lowest BCUT2D eigenvalue weighted by Crippen LogP contribution is -2.34. The van der Waals surface area contributed by atoms with Crippen molar-refractivity contribution in [1.29, 1.82) is 0 Å². The Balaban J connectivity index is 1.30. The van der Waals surface area contributed by atoms with Gasteiger partial charge in [-0.05, 0) is 69.5 Å². The van der Waals surface area contributed by atoms with Crippen LogP contribution in [0.4, 0.5) is 5.82 Å². The Morgan fingerprint density at radius 1 is 0.968 bits per heavy atom. The highest BCUT2D eigenvalue weighted by molar-refractivity contribution is 5.51. The summed E-state index contributed by atoms with van der Waals surface area (Å²) >= 11 is 0. The molecule has 0 aliphatic carbocycles. The van der Waals surface area contributed by atoms with E-state index in [4.69, 9.17) is 9.97 Å². The lowest BCUT2D eigenvalue weighted by Gasteiger charge is -2.34. The molecule has 6 heteroatoms. The van der Waals surface area contributed by atoms with Crippen LogP contribution in [0.5, 0.6) is 0 Å². The van der Waals surface area contributed by atoms with Crippen LogP contribution in [0.3, 0.4) is 0 Å². The zero-order valence-electron chi connectivity index (χ0n) is 18.2. The summed E-state index contributed by atoms with van der Waals surface area (Å²) in [5.41, 5.74) is 4.85. The molecule has 31 heavy (non-hydrogen) atoms. The standard InChI is InChI=1S/C25H30N6/c1-19-23-8-5-13-31(18-22-7-2-3-12-27-22)25(23)29-24(28-19)21-9-14-30(15-10-21)17-20-6-4-11-26-16-20/h2-4,6-7,11-12,16,21H,5,8-10,13-15,17-18H2,1H3. The number of aromatic nitrogens is 4. The highest BCUT2D eigenvalue weighted by atomic mass is 15.2. The minimum atomic E-state index is 0.438. The Kier molecular flexibility index (Phi) is 5.89. The molecule has 3 aromatic rings. The molecule has 0 bridgehead atoms. The Bertz CT molecular complexity index is 999. The minimum Gasteiger partial charge on any atom is -0.350 e. The van der Waals surface area contributed by atoms with Crippen LogP contribution < -0.4 is 4.90 Å². The maximum absolute atomic E-state index is 5.14. The summed E-state index contributed by atoms with van der Waals surface area (Å²) in [6.45, 7) is 7.14. The Hall–Kier alpha value is -2.86. The maximum Gasteiger partial charge on any atom is 0.136 e. The van der Waals surface area contributed by atoms with E-state index < -0.39 is 0 Å². The summed E-state index contributed by atoms with van der Waals surface area (Å²) < 4.78 is 0. The lowest BCUT2D eigenvalue weighted by atomic mass is 9.94. The van der Waals surface area contributed by atoms with Crippen molar-refractivity contribution in [3.8, 4) is 0 Å². The first-order valence-electron chi connectivity index (χ1n) is 11.4. The largest absolute Gasteiger partial charge is 0.350 e. The number of likely N-dealkylation sites (tertiary alicyclic amines) is 1. The number of nitrogens with zero attached hydrogens (tertiary/aromatic N) is 6. The number of fused-ring (bicyclic) bond motifs is 1. The molecule has 0 unspecified atom stereocenters. The van der Waals surface area contributed by atoms with Crippen LogP contribution in [0.15, 0.2) is 48.9 Å². The van der Waals surface area contributed by atoms with E-state index in [1.165, 1.54) is 11.1 Å². The molecule has 160 valence electrons. The van der Waals surface area contributed by atoms with Crippen molar-refractivity contribution in [2.45, 2.75) is 51.6 Å². The van der Waals surface area contributed by atoms with Crippen LogP contribution in [0.2, 0.25) is 0 Å². The number of piperidine rings is 1. The van der Waals surface area contributed by atoms with Gasteiger partial charge >= 0.3 is 0 Å². The zero-order chi connectivity index (χ0) is 21.0. The summed E-state index contributed by atoms with van der Waals surface area (Å²) in [6.07, 6.45) is 10.1. The van der Waals surface area contributed by atoms with Crippen molar-refractivity contribution in [2.75, 3.05) is 24.5 Å². The number of rotatable bonds is 5. The topological polar surface area (TPSA) is 58.0 Å². The third-order valence-electron chi connectivity index (χ3n) is 6.52. The smallest absolute Gasteiger partial charge is 0.136 e. The second-order valence-corrected chi connectivity index (χ2v) is 8.73. The number of anilines is 1. The fourth-order valence-electron chi connectivity index (χ4n) is 4.83. The van der Waals surface area contributed by atoms with E-state index in [2.05, 4.69) is 44.9 Å². The van der Waals surface area contributed by atoms with Gasteiger partial charge in [-0.1, -0.05) is 12.1 Å². The van der Waals surface area contributed by atoms with Crippen molar-refractivity contribution < 1.29 is 0 Å². The van der Waals surface area contributed by atoms with E-state index in [1.807, 2.05) is 30.7 Å². The maximum atomic E-state index is 5.14. The summed E-state index contributed by atoms with van der Waals surface area (Å²) in [5.74, 6) is 2.61. The number of hydrogen-bond donors (Lipinski definition) is 0. The molecule has 2 aliphatic rings. The summed E-state index contributed by atoms with van der Waals surface area (Å²) in [7, 11) is 0. The van der Waals surface area contributed by atoms with Gasteiger partial charge < -0.3 is 4.90 Å². The van der Waals surface area contributed by atoms with Crippen molar-refractivity contribution in [3.05, 3.63) is 77.3 Å². The highest BCUT2D eigenvalue weighted by Gasteiger charge is 2.27. The van der Waals surface area contributed by atoms with Crippen LogP contribution >= 0.6 is 0 Å². The van der Waals surface area contributed by atoms with Crippen LogP contribution in [-0.2, 0) is 19.5 Å². The first kappa shape index (κ1) is 20.1. The molecule has 0 amide bonds. The Labute approximate surface area is 184 Å². The SMILES string of the molecule is Cc1nc(C2CCN(Cc3cccnc3)CC2)nc2c1CCCN2Cc1ccccn1. The fourth-order valence-corrected chi connectivity index (χ4v) is 4.83. The van der Waals surface area contributed by atoms with Gasteiger partial charge in [-0.25, -0.2) is 9.97 Å². The van der Waals surface area contributed by atoms with Gasteiger partial charge in [0.05, 0.1) is 12.2 Å². The molecular weight excluding hydrogens is 384 g/mol. The zero-order valence-corrected chi connectivity index (χ0v) is 18.2. The lowest BCUT2D eigenvalue weighted by molar-refractivity contribution is 0.201. The van der Waals surface area contributed by atoms with Crippen molar-refractivity contribution in [3.63, 3.8) is 0 Å². The van der Waals surface area contributed by atoms with Gasteiger partial charge in [-0.3, -0.25) is 14.9 Å².